The van der Waals surface area contributed by atoms with E-state index in [1.54, 1.807) is 10.7 Å². The molecule has 0 spiro atoms. The molecule has 3 rings (SSSR count). The van der Waals surface area contributed by atoms with Crippen LogP contribution in [0.5, 0.6) is 0 Å². The van der Waals surface area contributed by atoms with Crippen molar-refractivity contribution < 1.29 is 9.34 Å². The van der Waals surface area contributed by atoms with Crippen molar-refractivity contribution >= 4 is 11.7 Å². The molecule has 1 saturated carbocycles. The van der Waals surface area contributed by atoms with Gasteiger partial charge in [-0.05, 0) is 18.9 Å². The molecular weight excluding hydrogens is 238 g/mol. The van der Waals surface area contributed by atoms with E-state index in [1.165, 1.54) is 6.07 Å². The molecule has 1 aliphatic rings. The molecule has 0 atom stereocenters. The number of hydrogen-bond acceptors (Lipinski definition) is 6. The maximum atomic E-state index is 10.5. The van der Waals surface area contributed by atoms with Gasteiger partial charge < -0.3 is 10.2 Å². The fourth-order valence-corrected chi connectivity index (χ4v) is 1.92. The van der Waals surface area contributed by atoms with Crippen molar-refractivity contribution in [3.8, 4) is 0 Å². The van der Waals surface area contributed by atoms with Crippen LogP contribution in [-0.4, -0.2) is 19.9 Å². The highest BCUT2D eigenvalue weighted by Crippen LogP contribution is 2.42. The number of rotatable bonds is 4. The number of furan rings is 1. The maximum Gasteiger partial charge on any atom is 0.433 e. The predicted octanol–water partition coefficient (Wildman–Crippen LogP) is 1.29. The lowest BCUT2D eigenvalue weighted by atomic mass is 10.3. The lowest BCUT2D eigenvalue weighted by Gasteiger charge is -2.02. The Balaban J connectivity index is 1.85. The largest absolute Gasteiger partial charge is 0.433 e. The Morgan fingerprint density at radius 3 is 2.94 bits per heavy atom. The molecular formula is C10H11N5O3. The molecule has 0 unspecified atom stereocenters. The van der Waals surface area contributed by atoms with E-state index in [2.05, 4.69) is 10.3 Å². The van der Waals surface area contributed by atoms with Crippen LogP contribution in [0.1, 0.15) is 30.2 Å². The quantitative estimate of drug-likeness (QED) is 0.645. The smallest absolute Gasteiger partial charge is 0.404 e. The first-order chi connectivity index (χ1) is 8.65. The van der Waals surface area contributed by atoms with E-state index >= 15 is 0 Å². The van der Waals surface area contributed by atoms with Crippen LogP contribution in [0.2, 0.25) is 0 Å². The molecule has 0 aromatic carbocycles. The summed E-state index contributed by atoms with van der Waals surface area (Å²) in [5, 5.41) is 18.3. The van der Waals surface area contributed by atoms with E-state index < -0.39 is 4.92 Å². The molecule has 2 aromatic heterocycles. The Morgan fingerprint density at radius 1 is 1.56 bits per heavy atom. The number of nitrogens with zero attached hydrogens (tertiary/aromatic N) is 4. The Labute approximate surface area is 102 Å². The van der Waals surface area contributed by atoms with Gasteiger partial charge in [0.05, 0.1) is 11.8 Å². The number of nitrogen functional groups attached to an aromatic ring is 1. The van der Waals surface area contributed by atoms with Crippen molar-refractivity contribution in [2.24, 2.45) is 0 Å². The van der Waals surface area contributed by atoms with Gasteiger partial charge in [0.15, 0.2) is 5.82 Å². The topological polar surface area (TPSA) is 113 Å². The highest BCUT2D eigenvalue weighted by molar-refractivity contribution is 5.38. The van der Waals surface area contributed by atoms with Gasteiger partial charge in [-0.2, -0.15) is 0 Å². The van der Waals surface area contributed by atoms with Gasteiger partial charge in [0.25, 0.3) is 0 Å². The monoisotopic (exact) mass is 249 g/mol. The summed E-state index contributed by atoms with van der Waals surface area (Å²) in [4.78, 5) is 9.94. The van der Waals surface area contributed by atoms with Gasteiger partial charge in [-0.15, -0.1) is 5.10 Å². The fraction of sp³-hybridized carbons (Fsp3) is 0.400. The minimum Gasteiger partial charge on any atom is -0.404 e. The first-order valence-electron chi connectivity index (χ1n) is 5.57. The van der Waals surface area contributed by atoms with E-state index in [0.717, 1.165) is 18.5 Å². The maximum absolute atomic E-state index is 10.5. The molecule has 94 valence electrons. The molecule has 1 aliphatic carbocycles. The van der Waals surface area contributed by atoms with Gasteiger partial charge in [0.2, 0.25) is 0 Å². The average molecular weight is 249 g/mol. The van der Waals surface area contributed by atoms with Crippen LogP contribution in [0.25, 0.3) is 0 Å². The highest BCUT2D eigenvalue weighted by atomic mass is 16.6. The van der Waals surface area contributed by atoms with Crippen molar-refractivity contribution in [1.29, 1.82) is 0 Å². The number of anilines is 1. The Kier molecular flexibility index (Phi) is 2.29. The summed E-state index contributed by atoms with van der Waals surface area (Å²) >= 11 is 0. The third kappa shape index (κ3) is 1.81. The third-order valence-electron chi connectivity index (χ3n) is 2.90. The SMILES string of the molecule is Nc1nnn(Cc2ccc([N+](=O)[O-])o2)c1C1CC1. The fourth-order valence-electron chi connectivity index (χ4n) is 1.92. The molecule has 1 fully saturated rings. The molecule has 0 radical (unpaired) electrons. The van der Waals surface area contributed by atoms with Gasteiger partial charge in [-0.25, -0.2) is 4.68 Å². The molecule has 0 amide bonds. The summed E-state index contributed by atoms with van der Waals surface area (Å²) in [5.41, 5.74) is 6.65. The normalized spacial score (nSPS) is 14.9. The van der Waals surface area contributed by atoms with Crippen LogP contribution >= 0.6 is 0 Å². The van der Waals surface area contributed by atoms with Gasteiger partial charge in [-0.1, -0.05) is 5.21 Å². The second-order valence-corrected chi connectivity index (χ2v) is 4.29. The van der Waals surface area contributed by atoms with Crippen molar-refractivity contribution in [2.45, 2.75) is 25.3 Å². The average Bonchev–Trinajstić information content (AvgIpc) is 2.93. The van der Waals surface area contributed by atoms with Gasteiger partial charge in [0.1, 0.15) is 17.2 Å². The number of nitrogens with two attached hydrogens (primary N) is 1. The van der Waals surface area contributed by atoms with E-state index in [4.69, 9.17) is 10.2 Å². The lowest BCUT2D eigenvalue weighted by molar-refractivity contribution is -0.402. The second-order valence-electron chi connectivity index (χ2n) is 4.29. The summed E-state index contributed by atoms with van der Waals surface area (Å²) in [6, 6.07) is 2.89. The molecule has 2 heterocycles. The zero-order valence-corrected chi connectivity index (χ0v) is 9.44. The molecule has 8 heteroatoms. The number of aromatic nitrogens is 3. The van der Waals surface area contributed by atoms with Gasteiger partial charge in [-0.3, -0.25) is 10.1 Å². The summed E-state index contributed by atoms with van der Waals surface area (Å²) in [6.07, 6.45) is 2.16. The van der Waals surface area contributed by atoms with Crippen LogP contribution in [0.4, 0.5) is 11.7 Å². The lowest BCUT2D eigenvalue weighted by Crippen LogP contribution is -2.06. The molecule has 8 nitrogen and oxygen atoms in total. The van der Waals surface area contributed by atoms with Crippen LogP contribution < -0.4 is 5.73 Å². The van der Waals surface area contributed by atoms with Crippen molar-refractivity contribution in [2.75, 3.05) is 5.73 Å². The zero-order chi connectivity index (χ0) is 12.7. The standard InChI is InChI=1S/C10H11N5O3/c11-10-9(6-1-2-6)14(13-12-10)5-7-3-4-8(18-7)15(16)17/h3-4,6H,1-2,5,11H2. The van der Waals surface area contributed by atoms with Crippen LogP contribution in [-0.2, 0) is 6.54 Å². The minimum absolute atomic E-state index is 0.272. The van der Waals surface area contributed by atoms with Gasteiger partial charge >= 0.3 is 5.88 Å². The molecule has 0 aliphatic heterocycles. The van der Waals surface area contributed by atoms with E-state index in [9.17, 15) is 10.1 Å². The van der Waals surface area contributed by atoms with E-state index in [1.807, 2.05) is 0 Å². The van der Waals surface area contributed by atoms with Crippen molar-refractivity contribution in [3.63, 3.8) is 0 Å². The first-order valence-corrected chi connectivity index (χ1v) is 5.57. The highest BCUT2D eigenvalue weighted by Gasteiger charge is 2.30. The van der Waals surface area contributed by atoms with Crippen molar-refractivity contribution in [3.05, 3.63) is 33.7 Å². The molecule has 18 heavy (non-hydrogen) atoms. The van der Waals surface area contributed by atoms with Crippen LogP contribution in [0.3, 0.4) is 0 Å². The second kappa shape index (κ2) is 3.83. The van der Waals surface area contributed by atoms with E-state index in [0.29, 0.717) is 24.0 Å². The van der Waals surface area contributed by atoms with E-state index in [-0.39, 0.29) is 5.88 Å². The van der Waals surface area contributed by atoms with Crippen LogP contribution in [0, 0.1) is 10.1 Å². The zero-order valence-electron chi connectivity index (χ0n) is 9.44. The minimum atomic E-state index is -0.568. The summed E-state index contributed by atoms with van der Waals surface area (Å²) in [5.74, 6) is 1.03. The summed E-state index contributed by atoms with van der Waals surface area (Å²) in [7, 11) is 0. The number of nitro groups is 1. The molecule has 2 aromatic rings. The van der Waals surface area contributed by atoms with Crippen LogP contribution in [0.15, 0.2) is 16.5 Å². The predicted molar refractivity (Wildman–Crippen MR) is 60.9 cm³/mol. The molecule has 0 bridgehead atoms. The first kappa shape index (κ1) is 10.8. The number of hydrogen-bond donors (Lipinski definition) is 1. The van der Waals surface area contributed by atoms with Gasteiger partial charge in [0, 0.05) is 5.92 Å². The summed E-state index contributed by atoms with van der Waals surface area (Å²) in [6.45, 7) is 0.309. The Bertz CT molecular complexity index is 598. The Hall–Kier alpha value is -2.38. The summed E-state index contributed by atoms with van der Waals surface area (Å²) < 4.78 is 6.73. The molecule has 2 N–H and O–H groups in total. The van der Waals surface area contributed by atoms with Crippen molar-refractivity contribution in [1.82, 2.24) is 15.0 Å². The third-order valence-corrected chi connectivity index (χ3v) is 2.90. The molecule has 0 saturated heterocycles. The Morgan fingerprint density at radius 2 is 2.33 bits per heavy atom.